The lowest BCUT2D eigenvalue weighted by Gasteiger charge is -2.23. The van der Waals surface area contributed by atoms with Crippen molar-refractivity contribution in [1.82, 2.24) is 16.0 Å². The van der Waals surface area contributed by atoms with Crippen LogP contribution in [-0.2, 0) is 30.4 Å². The molecule has 9 N–H and O–H groups in total. The molecule has 33 heavy (non-hydrogen) atoms. The summed E-state index contributed by atoms with van der Waals surface area (Å²) in [5.41, 5.74) is 11.7. The summed E-state index contributed by atoms with van der Waals surface area (Å²) in [5.74, 6) is -4.42. The largest absolute Gasteiger partial charge is 0.508 e. The molecule has 4 amide bonds. The average Bonchev–Trinajstić information content (AvgIpc) is 2.73. The van der Waals surface area contributed by atoms with Gasteiger partial charge < -0.3 is 37.6 Å². The van der Waals surface area contributed by atoms with E-state index in [-0.39, 0.29) is 25.0 Å². The lowest BCUT2D eigenvalue weighted by molar-refractivity contribution is -0.143. The van der Waals surface area contributed by atoms with Gasteiger partial charge in [-0.25, -0.2) is 4.79 Å². The Morgan fingerprint density at radius 1 is 1.00 bits per heavy atom. The number of aliphatic carboxylic acids is 1. The van der Waals surface area contributed by atoms with E-state index in [1.54, 1.807) is 26.0 Å². The molecule has 0 spiro atoms. The Kier molecular flexibility index (Phi) is 10.8. The van der Waals surface area contributed by atoms with Crippen molar-refractivity contribution in [3.8, 4) is 5.75 Å². The first-order valence-corrected chi connectivity index (χ1v) is 10.3. The van der Waals surface area contributed by atoms with Crippen molar-refractivity contribution in [3.63, 3.8) is 0 Å². The number of amides is 4. The second-order valence-electron chi connectivity index (χ2n) is 7.89. The predicted molar refractivity (Wildman–Crippen MR) is 118 cm³/mol. The number of aromatic hydroxyl groups is 1. The highest BCUT2D eigenvalue weighted by Crippen LogP contribution is 2.11. The summed E-state index contributed by atoms with van der Waals surface area (Å²) >= 11 is 0. The minimum absolute atomic E-state index is 0.0754. The van der Waals surface area contributed by atoms with Crippen LogP contribution in [0.4, 0.5) is 0 Å². The number of carboxylic acid groups (broad SMARTS) is 1. The number of phenolic OH excluding ortho intramolecular Hbond substituents is 1. The van der Waals surface area contributed by atoms with Crippen molar-refractivity contribution in [2.24, 2.45) is 17.4 Å². The molecule has 0 aliphatic carbocycles. The van der Waals surface area contributed by atoms with Crippen LogP contribution in [0.3, 0.4) is 0 Å². The molecule has 1 aromatic rings. The zero-order valence-corrected chi connectivity index (χ0v) is 18.5. The molecule has 3 atom stereocenters. The van der Waals surface area contributed by atoms with Gasteiger partial charge in [-0.3, -0.25) is 19.2 Å². The van der Waals surface area contributed by atoms with Gasteiger partial charge in [-0.05, 0) is 36.5 Å². The van der Waals surface area contributed by atoms with Crippen molar-refractivity contribution >= 4 is 29.6 Å². The van der Waals surface area contributed by atoms with E-state index in [1.807, 2.05) is 0 Å². The number of phenols is 1. The van der Waals surface area contributed by atoms with E-state index in [4.69, 9.17) is 11.5 Å². The number of nitrogens with two attached hydrogens (primary N) is 2. The smallest absolute Gasteiger partial charge is 0.326 e. The van der Waals surface area contributed by atoms with Crippen LogP contribution in [0.25, 0.3) is 0 Å². The van der Waals surface area contributed by atoms with Gasteiger partial charge in [0.2, 0.25) is 23.6 Å². The molecule has 1 rings (SSSR count). The fourth-order valence-electron chi connectivity index (χ4n) is 2.85. The van der Waals surface area contributed by atoms with E-state index in [0.29, 0.717) is 5.56 Å². The number of primary amides is 1. The van der Waals surface area contributed by atoms with E-state index in [9.17, 15) is 34.2 Å². The number of hydrogen-bond acceptors (Lipinski definition) is 7. The molecule has 3 unspecified atom stereocenters. The van der Waals surface area contributed by atoms with Gasteiger partial charge in [0.05, 0.1) is 12.6 Å². The Balaban J connectivity index is 2.67. The summed E-state index contributed by atoms with van der Waals surface area (Å²) < 4.78 is 0. The molecule has 12 heteroatoms. The molecule has 0 aliphatic rings. The fourth-order valence-corrected chi connectivity index (χ4v) is 2.85. The van der Waals surface area contributed by atoms with Gasteiger partial charge in [0.15, 0.2) is 0 Å². The minimum Gasteiger partial charge on any atom is -0.508 e. The molecule has 12 nitrogen and oxygen atoms in total. The number of carboxylic acids is 1. The topological polar surface area (TPSA) is 214 Å². The summed E-state index contributed by atoms with van der Waals surface area (Å²) in [7, 11) is 0. The van der Waals surface area contributed by atoms with Crippen LogP contribution in [0.5, 0.6) is 5.75 Å². The minimum atomic E-state index is -1.24. The maximum absolute atomic E-state index is 12.5. The first kappa shape index (κ1) is 27.4. The molecule has 0 radical (unpaired) electrons. The zero-order valence-electron chi connectivity index (χ0n) is 18.5. The second kappa shape index (κ2) is 13.0. The molecule has 1 aromatic carbocycles. The summed E-state index contributed by atoms with van der Waals surface area (Å²) in [6.07, 6.45) is -0.198. The monoisotopic (exact) mass is 465 g/mol. The summed E-state index contributed by atoms with van der Waals surface area (Å²) in [4.78, 5) is 59.4. The van der Waals surface area contributed by atoms with Gasteiger partial charge in [-0.2, -0.15) is 0 Å². The molecule has 0 bridgehead atoms. The Morgan fingerprint density at radius 3 is 2.12 bits per heavy atom. The third-order valence-corrected chi connectivity index (χ3v) is 4.71. The second-order valence-corrected chi connectivity index (χ2v) is 7.89. The van der Waals surface area contributed by atoms with Crippen LogP contribution in [0.15, 0.2) is 24.3 Å². The van der Waals surface area contributed by atoms with Crippen molar-refractivity contribution < 1.29 is 34.2 Å². The van der Waals surface area contributed by atoms with Crippen LogP contribution in [0.1, 0.15) is 32.3 Å². The van der Waals surface area contributed by atoms with Crippen LogP contribution in [-0.4, -0.2) is 64.5 Å². The Morgan fingerprint density at radius 2 is 1.61 bits per heavy atom. The van der Waals surface area contributed by atoms with Gasteiger partial charge in [0.1, 0.15) is 17.8 Å². The Labute approximate surface area is 191 Å². The van der Waals surface area contributed by atoms with E-state index in [2.05, 4.69) is 16.0 Å². The first-order chi connectivity index (χ1) is 15.4. The molecular weight excluding hydrogens is 434 g/mol. The van der Waals surface area contributed by atoms with Crippen LogP contribution >= 0.6 is 0 Å². The highest BCUT2D eigenvalue weighted by atomic mass is 16.4. The molecule has 0 saturated carbocycles. The molecule has 0 aromatic heterocycles. The lowest BCUT2D eigenvalue weighted by Crippen LogP contribution is -2.55. The predicted octanol–water partition coefficient (Wildman–Crippen LogP) is -1.65. The molecule has 0 aliphatic heterocycles. The maximum atomic E-state index is 12.5. The van der Waals surface area contributed by atoms with E-state index >= 15 is 0 Å². The van der Waals surface area contributed by atoms with E-state index < -0.39 is 60.2 Å². The summed E-state index contributed by atoms with van der Waals surface area (Å²) in [5, 5.41) is 25.6. The average molecular weight is 466 g/mol. The molecule has 182 valence electrons. The van der Waals surface area contributed by atoms with Gasteiger partial charge in [-0.1, -0.05) is 26.0 Å². The molecule has 0 saturated heterocycles. The van der Waals surface area contributed by atoms with Gasteiger partial charge in [0.25, 0.3) is 0 Å². The zero-order chi connectivity index (χ0) is 25.1. The molecule has 0 fully saturated rings. The molecule has 0 heterocycles. The van der Waals surface area contributed by atoms with Gasteiger partial charge in [0, 0.05) is 6.42 Å². The number of carbonyl (C=O) groups is 5. The van der Waals surface area contributed by atoms with Crippen LogP contribution in [0, 0.1) is 5.92 Å². The first-order valence-electron chi connectivity index (χ1n) is 10.3. The highest BCUT2D eigenvalue weighted by Gasteiger charge is 2.28. The number of hydrogen-bond donors (Lipinski definition) is 7. The number of nitrogens with one attached hydrogen (secondary N) is 3. The van der Waals surface area contributed by atoms with Crippen LogP contribution < -0.4 is 27.4 Å². The number of benzene rings is 1. The quantitative estimate of drug-likeness (QED) is 0.179. The van der Waals surface area contributed by atoms with Crippen molar-refractivity contribution in [2.75, 3.05) is 6.54 Å². The maximum Gasteiger partial charge on any atom is 0.326 e. The normalized spacial score (nSPS) is 13.5. The summed E-state index contributed by atoms with van der Waals surface area (Å²) in [6.45, 7) is 2.72. The van der Waals surface area contributed by atoms with Crippen LogP contribution in [0.2, 0.25) is 0 Å². The highest BCUT2D eigenvalue weighted by molar-refractivity contribution is 5.93. The molecular formula is C21H31N5O7. The number of carbonyl (C=O) groups excluding carboxylic acids is 4. The van der Waals surface area contributed by atoms with Gasteiger partial charge >= 0.3 is 5.97 Å². The van der Waals surface area contributed by atoms with Crippen molar-refractivity contribution in [1.29, 1.82) is 0 Å². The Hall–Kier alpha value is -3.67. The van der Waals surface area contributed by atoms with E-state index in [0.717, 1.165) is 0 Å². The third-order valence-electron chi connectivity index (χ3n) is 4.71. The fraction of sp³-hybridized carbons (Fsp3) is 0.476. The van der Waals surface area contributed by atoms with Crippen molar-refractivity contribution in [3.05, 3.63) is 29.8 Å². The number of rotatable bonds is 13. The third kappa shape index (κ3) is 9.99. The van der Waals surface area contributed by atoms with Gasteiger partial charge in [-0.15, -0.1) is 0 Å². The SMILES string of the molecule is CC(C)C(NC(=O)C(CCC(N)=O)NC(=O)CNC(=O)C(N)Cc1ccc(O)cc1)C(=O)O. The van der Waals surface area contributed by atoms with E-state index in [1.165, 1.54) is 12.1 Å². The Bertz CT molecular complexity index is 857. The standard InChI is InChI=1S/C21H31N5O7/c1-11(2)18(21(32)33)26-20(31)15(7-8-16(23)28)25-17(29)10-24-19(30)14(22)9-12-3-5-13(27)6-4-12/h3-6,11,14-15,18,27H,7-10,22H2,1-2H3,(H2,23,28)(H,24,30)(H,25,29)(H,26,31)(H,32,33). The lowest BCUT2D eigenvalue weighted by atomic mass is 10.0. The van der Waals surface area contributed by atoms with Crippen molar-refractivity contribution in [2.45, 2.75) is 51.2 Å². The summed E-state index contributed by atoms with van der Waals surface area (Å²) in [6, 6.07) is 2.75.